The number of hydrogen-bond acceptors (Lipinski definition) is 5. The average molecular weight is 358 g/mol. The fourth-order valence-corrected chi connectivity index (χ4v) is 4.46. The second kappa shape index (κ2) is 7.62. The normalized spacial score (nSPS) is 17.7. The third-order valence-electron chi connectivity index (χ3n) is 4.20. The van der Waals surface area contributed by atoms with Crippen LogP contribution in [0.1, 0.15) is 31.7 Å². The van der Waals surface area contributed by atoms with Gasteiger partial charge in [0, 0.05) is 19.1 Å². The van der Waals surface area contributed by atoms with E-state index in [0.29, 0.717) is 37.7 Å². The minimum absolute atomic E-state index is 0.00957. The van der Waals surface area contributed by atoms with Crippen molar-refractivity contribution in [3.63, 3.8) is 0 Å². The lowest BCUT2D eigenvalue weighted by atomic mass is 10.2. The Bertz CT molecular complexity index is 693. The molecule has 2 heterocycles. The number of hydrogen-bond donors (Lipinski definition) is 1. The molecular weight excluding hydrogens is 332 g/mol. The summed E-state index contributed by atoms with van der Waals surface area (Å²) in [5, 5.41) is 7.12. The van der Waals surface area contributed by atoms with Crippen LogP contribution in [0.2, 0.25) is 0 Å². The predicted octanol–water partition coefficient (Wildman–Crippen LogP) is 0.436. The van der Waals surface area contributed by atoms with Crippen molar-refractivity contribution >= 4 is 15.9 Å². The summed E-state index contributed by atoms with van der Waals surface area (Å²) < 4.78 is 33.8. The molecule has 9 heteroatoms. The van der Waals surface area contributed by atoms with E-state index in [1.165, 1.54) is 8.99 Å². The maximum atomic E-state index is 12.9. The summed E-state index contributed by atoms with van der Waals surface area (Å²) >= 11 is 0. The zero-order valence-corrected chi connectivity index (χ0v) is 15.5. The molecule has 136 valence electrons. The highest BCUT2D eigenvalue weighted by Gasteiger charge is 2.32. The van der Waals surface area contributed by atoms with E-state index >= 15 is 0 Å². The van der Waals surface area contributed by atoms with Gasteiger partial charge in [-0.25, -0.2) is 8.42 Å². The van der Waals surface area contributed by atoms with E-state index < -0.39 is 10.0 Å². The second-order valence-electron chi connectivity index (χ2n) is 6.05. The van der Waals surface area contributed by atoms with Crippen LogP contribution in [0.3, 0.4) is 0 Å². The monoisotopic (exact) mass is 358 g/mol. The first-order chi connectivity index (χ1) is 11.3. The number of rotatable bonds is 6. The Labute approximate surface area is 143 Å². The number of nitrogens with zero attached hydrogens (tertiary/aromatic N) is 3. The average Bonchev–Trinajstić information content (AvgIpc) is 2.82. The Morgan fingerprint density at radius 3 is 2.54 bits per heavy atom. The molecule has 0 radical (unpaired) electrons. The maximum Gasteiger partial charge on any atom is 0.246 e. The summed E-state index contributed by atoms with van der Waals surface area (Å²) in [4.78, 5) is 12.3. The Hall–Kier alpha value is -1.45. The Morgan fingerprint density at radius 1 is 1.33 bits per heavy atom. The molecule has 1 amide bonds. The predicted molar refractivity (Wildman–Crippen MR) is 89.2 cm³/mol. The number of morpholine rings is 1. The van der Waals surface area contributed by atoms with Crippen molar-refractivity contribution in [1.82, 2.24) is 19.4 Å². The molecule has 1 N–H and O–H groups in total. The van der Waals surface area contributed by atoms with Crippen molar-refractivity contribution in [3.05, 3.63) is 11.4 Å². The van der Waals surface area contributed by atoms with Crippen molar-refractivity contribution in [3.8, 4) is 0 Å². The Kier molecular flexibility index (Phi) is 6.00. The number of amides is 1. The van der Waals surface area contributed by atoms with Crippen molar-refractivity contribution < 1.29 is 17.9 Å². The standard InChI is InChI=1S/C15H26N4O4S/c1-5-11(2)16-14(20)10-19-13(4)15(12(3)17-19)24(21,22)18-6-8-23-9-7-18/h11H,5-10H2,1-4H3,(H,16,20)/t11-/m1/s1. The molecule has 1 aliphatic rings. The van der Waals surface area contributed by atoms with Crippen molar-refractivity contribution in [1.29, 1.82) is 0 Å². The Balaban J connectivity index is 2.24. The summed E-state index contributed by atoms with van der Waals surface area (Å²) in [6.07, 6.45) is 0.833. The highest BCUT2D eigenvalue weighted by atomic mass is 32.2. The van der Waals surface area contributed by atoms with E-state index in [1.54, 1.807) is 13.8 Å². The SMILES string of the molecule is CC[C@@H](C)NC(=O)Cn1nc(C)c(S(=O)(=O)N2CCOCC2)c1C. The molecule has 1 atom stereocenters. The molecule has 1 fully saturated rings. The largest absolute Gasteiger partial charge is 0.379 e. The van der Waals surface area contributed by atoms with Crippen LogP contribution in [0.15, 0.2) is 4.90 Å². The summed E-state index contributed by atoms with van der Waals surface area (Å²) in [6.45, 7) is 8.71. The van der Waals surface area contributed by atoms with Gasteiger partial charge in [0.25, 0.3) is 0 Å². The summed E-state index contributed by atoms with van der Waals surface area (Å²) in [6, 6.07) is 0.0750. The number of sulfonamides is 1. The lowest BCUT2D eigenvalue weighted by Gasteiger charge is -2.26. The van der Waals surface area contributed by atoms with Gasteiger partial charge in [0.2, 0.25) is 15.9 Å². The summed E-state index contributed by atoms with van der Waals surface area (Å²) in [5.74, 6) is -0.176. The van der Waals surface area contributed by atoms with Crippen molar-refractivity contribution in [2.24, 2.45) is 0 Å². The van der Waals surface area contributed by atoms with Crippen LogP contribution in [0.25, 0.3) is 0 Å². The first-order valence-corrected chi connectivity index (χ1v) is 9.62. The summed E-state index contributed by atoms with van der Waals surface area (Å²) in [5.41, 5.74) is 0.897. The fraction of sp³-hybridized carbons (Fsp3) is 0.733. The first-order valence-electron chi connectivity index (χ1n) is 8.18. The van der Waals surface area contributed by atoms with Crippen molar-refractivity contribution in [2.75, 3.05) is 26.3 Å². The molecule has 1 aromatic heterocycles. The summed E-state index contributed by atoms with van der Waals surface area (Å²) in [7, 11) is -3.63. The lowest BCUT2D eigenvalue weighted by molar-refractivity contribution is -0.122. The molecule has 1 aromatic rings. The van der Waals surface area contributed by atoms with Crippen LogP contribution in [-0.4, -0.2) is 60.8 Å². The third-order valence-corrected chi connectivity index (χ3v) is 6.35. The van der Waals surface area contributed by atoms with Gasteiger partial charge in [-0.15, -0.1) is 0 Å². The minimum Gasteiger partial charge on any atom is -0.379 e. The van der Waals surface area contributed by atoms with Gasteiger partial charge in [-0.3, -0.25) is 9.48 Å². The van der Waals surface area contributed by atoms with Gasteiger partial charge < -0.3 is 10.1 Å². The molecule has 1 aliphatic heterocycles. The zero-order valence-electron chi connectivity index (χ0n) is 14.7. The van der Waals surface area contributed by atoms with Gasteiger partial charge in [0.15, 0.2) is 0 Å². The van der Waals surface area contributed by atoms with Crippen molar-refractivity contribution in [2.45, 2.75) is 51.6 Å². The number of ether oxygens (including phenoxy) is 1. The van der Waals surface area contributed by atoms with Gasteiger partial charge in [0.1, 0.15) is 11.4 Å². The molecule has 0 unspecified atom stereocenters. The highest BCUT2D eigenvalue weighted by molar-refractivity contribution is 7.89. The van der Waals surface area contributed by atoms with E-state index in [2.05, 4.69) is 10.4 Å². The van der Waals surface area contributed by atoms with Crippen LogP contribution >= 0.6 is 0 Å². The molecule has 8 nitrogen and oxygen atoms in total. The topological polar surface area (TPSA) is 93.5 Å². The van der Waals surface area contributed by atoms with E-state index in [0.717, 1.165) is 6.42 Å². The number of nitrogens with one attached hydrogen (secondary N) is 1. The first kappa shape index (κ1) is 18.9. The molecule has 2 rings (SSSR count). The molecule has 1 saturated heterocycles. The van der Waals surface area contributed by atoms with Crippen LogP contribution < -0.4 is 5.32 Å². The van der Waals surface area contributed by atoms with Crippen LogP contribution in [0, 0.1) is 13.8 Å². The zero-order chi connectivity index (χ0) is 17.9. The van der Waals surface area contributed by atoms with E-state index in [-0.39, 0.29) is 23.4 Å². The minimum atomic E-state index is -3.63. The van der Waals surface area contributed by atoms with Gasteiger partial charge in [-0.05, 0) is 27.2 Å². The number of carbonyl (C=O) groups excluding carboxylic acids is 1. The fourth-order valence-electron chi connectivity index (χ4n) is 2.68. The van der Waals surface area contributed by atoms with Gasteiger partial charge in [-0.2, -0.15) is 9.40 Å². The number of carbonyl (C=O) groups is 1. The van der Waals surface area contributed by atoms with Gasteiger partial charge >= 0.3 is 0 Å². The molecular formula is C15H26N4O4S. The van der Waals surface area contributed by atoms with E-state index in [4.69, 9.17) is 4.74 Å². The van der Waals surface area contributed by atoms with E-state index in [1.807, 2.05) is 13.8 Å². The second-order valence-corrected chi connectivity index (χ2v) is 7.93. The number of aryl methyl sites for hydroxylation is 1. The maximum absolute atomic E-state index is 12.9. The molecule has 0 bridgehead atoms. The van der Waals surface area contributed by atoms with E-state index in [9.17, 15) is 13.2 Å². The van der Waals surface area contributed by atoms with Gasteiger partial charge in [0.05, 0.1) is 24.6 Å². The molecule has 0 saturated carbocycles. The van der Waals surface area contributed by atoms with Crippen LogP contribution in [0.4, 0.5) is 0 Å². The smallest absolute Gasteiger partial charge is 0.246 e. The molecule has 0 aromatic carbocycles. The quantitative estimate of drug-likeness (QED) is 0.796. The molecule has 0 aliphatic carbocycles. The Morgan fingerprint density at radius 2 is 1.96 bits per heavy atom. The highest BCUT2D eigenvalue weighted by Crippen LogP contribution is 2.24. The van der Waals surface area contributed by atoms with Crippen LogP contribution in [-0.2, 0) is 26.1 Å². The molecule has 24 heavy (non-hydrogen) atoms. The number of aromatic nitrogens is 2. The van der Waals surface area contributed by atoms with Crippen LogP contribution in [0.5, 0.6) is 0 Å². The molecule has 0 spiro atoms. The lowest BCUT2D eigenvalue weighted by Crippen LogP contribution is -2.41. The third kappa shape index (κ3) is 3.96. The van der Waals surface area contributed by atoms with Gasteiger partial charge in [-0.1, -0.05) is 6.92 Å².